The zero-order chi connectivity index (χ0) is 12.4. The second kappa shape index (κ2) is 4.58. The van der Waals surface area contributed by atoms with Crippen LogP contribution in [-0.2, 0) is 4.79 Å². The van der Waals surface area contributed by atoms with E-state index in [4.69, 9.17) is 5.26 Å². The zero-order valence-electron chi connectivity index (χ0n) is 10.2. The first-order chi connectivity index (χ1) is 8.11. The van der Waals surface area contributed by atoms with Crippen molar-refractivity contribution in [2.75, 3.05) is 6.54 Å². The van der Waals surface area contributed by atoms with Crippen LogP contribution in [0, 0.1) is 24.2 Å². The normalized spacial score (nSPS) is 21.4. The molecule has 2 unspecified atom stereocenters. The predicted molar refractivity (Wildman–Crippen MR) is 65.0 cm³/mol. The molecule has 0 aliphatic carbocycles. The maximum atomic E-state index is 11.8. The average Bonchev–Trinajstić information content (AvgIpc) is 2.71. The first-order valence-corrected chi connectivity index (χ1v) is 5.87. The number of nitriles is 1. The lowest BCUT2D eigenvalue weighted by Gasteiger charge is -2.24. The molecule has 2 rings (SSSR count). The van der Waals surface area contributed by atoms with Crippen molar-refractivity contribution in [3.63, 3.8) is 0 Å². The fraction of sp³-hybridized carbons (Fsp3) is 0.429. The first kappa shape index (κ1) is 11.7. The van der Waals surface area contributed by atoms with Gasteiger partial charge in [0.15, 0.2) is 0 Å². The van der Waals surface area contributed by atoms with Gasteiger partial charge < -0.3 is 4.90 Å². The minimum absolute atomic E-state index is 0.0569. The molecule has 1 fully saturated rings. The fourth-order valence-corrected chi connectivity index (χ4v) is 2.22. The van der Waals surface area contributed by atoms with E-state index in [1.165, 1.54) is 5.56 Å². The van der Waals surface area contributed by atoms with E-state index < -0.39 is 0 Å². The monoisotopic (exact) mass is 228 g/mol. The van der Waals surface area contributed by atoms with Crippen molar-refractivity contribution in [1.82, 2.24) is 4.90 Å². The molecule has 88 valence electrons. The molecule has 1 aliphatic rings. The summed E-state index contributed by atoms with van der Waals surface area (Å²) in [6.45, 7) is 4.62. The van der Waals surface area contributed by atoms with Crippen LogP contribution in [0.1, 0.15) is 30.5 Å². The summed E-state index contributed by atoms with van der Waals surface area (Å²) in [6, 6.07) is 10.4. The van der Waals surface area contributed by atoms with Gasteiger partial charge in [0, 0.05) is 13.0 Å². The molecular weight excluding hydrogens is 212 g/mol. The molecule has 0 bridgehead atoms. The van der Waals surface area contributed by atoms with E-state index in [2.05, 4.69) is 6.07 Å². The molecular formula is C14H16N2O. The van der Waals surface area contributed by atoms with Crippen LogP contribution in [0.15, 0.2) is 24.3 Å². The largest absolute Gasteiger partial charge is 0.335 e. The lowest BCUT2D eigenvalue weighted by atomic mass is 10.1. The van der Waals surface area contributed by atoms with Gasteiger partial charge in [0.25, 0.3) is 0 Å². The molecule has 0 spiro atoms. The predicted octanol–water partition coefficient (Wildman–Crippen LogP) is 2.43. The zero-order valence-corrected chi connectivity index (χ0v) is 10.2. The highest BCUT2D eigenvalue weighted by Gasteiger charge is 2.32. The SMILES string of the molecule is Cc1ccc(C(C)N2CC(C#N)CC2=O)cc1. The summed E-state index contributed by atoms with van der Waals surface area (Å²) in [5, 5.41) is 8.86. The van der Waals surface area contributed by atoms with E-state index in [0.717, 1.165) is 5.56 Å². The third-order valence-electron chi connectivity index (χ3n) is 3.37. The van der Waals surface area contributed by atoms with Crippen LogP contribution < -0.4 is 0 Å². The number of carbonyl (C=O) groups is 1. The number of aryl methyl sites for hydroxylation is 1. The lowest BCUT2D eigenvalue weighted by molar-refractivity contribution is -0.129. The summed E-state index contributed by atoms with van der Waals surface area (Å²) < 4.78 is 0. The van der Waals surface area contributed by atoms with Crippen LogP contribution in [0.5, 0.6) is 0 Å². The molecule has 1 aromatic carbocycles. The van der Waals surface area contributed by atoms with Gasteiger partial charge in [-0.25, -0.2) is 0 Å². The topological polar surface area (TPSA) is 44.1 Å². The molecule has 0 aromatic heterocycles. The minimum atomic E-state index is -0.143. The van der Waals surface area contributed by atoms with Crippen molar-refractivity contribution in [1.29, 1.82) is 5.26 Å². The number of rotatable bonds is 2. The number of amides is 1. The highest BCUT2D eigenvalue weighted by molar-refractivity contribution is 5.79. The smallest absolute Gasteiger partial charge is 0.224 e. The van der Waals surface area contributed by atoms with Crippen LogP contribution in [0.3, 0.4) is 0 Å². The summed E-state index contributed by atoms with van der Waals surface area (Å²) in [4.78, 5) is 13.6. The van der Waals surface area contributed by atoms with Gasteiger partial charge >= 0.3 is 0 Å². The van der Waals surface area contributed by atoms with E-state index in [9.17, 15) is 4.79 Å². The molecule has 0 saturated carbocycles. The molecule has 1 aromatic rings. The standard InChI is InChI=1S/C14H16N2O/c1-10-3-5-13(6-4-10)11(2)16-9-12(8-15)7-14(16)17/h3-6,11-12H,7,9H2,1-2H3. The van der Waals surface area contributed by atoms with Gasteiger partial charge in [-0.2, -0.15) is 5.26 Å². The summed E-state index contributed by atoms with van der Waals surface area (Å²) >= 11 is 0. The molecule has 0 N–H and O–H groups in total. The molecule has 17 heavy (non-hydrogen) atoms. The van der Waals surface area contributed by atoms with E-state index >= 15 is 0 Å². The number of carbonyl (C=O) groups excluding carboxylic acids is 1. The third kappa shape index (κ3) is 2.31. The molecule has 3 nitrogen and oxygen atoms in total. The van der Waals surface area contributed by atoms with Gasteiger partial charge in [-0.15, -0.1) is 0 Å². The summed E-state index contributed by atoms with van der Waals surface area (Å²) in [5.74, 6) is -0.0555. The molecule has 1 aliphatic heterocycles. The Morgan fingerprint density at radius 2 is 2.06 bits per heavy atom. The maximum Gasteiger partial charge on any atom is 0.224 e. The summed E-state index contributed by atoms with van der Waals surface area (Å²) in [6.07, 6.45) is 0.368. The number of benzene rings is 1. The van der Waals surface area contributed by atoms with Crippen LogP contribution in [-0.4, -0.2) is 17.4 Å². The first-order valence-electron chi connectivity index (χ1n) is 5.87. The van der Waals surface area contributed by atoms with Crippen molar-refractivity contribution >= 4 is 5.91 Å². The van der Waals surface area contributed by atoms with Crippen LogP contribution >= 0.6 is 0 Å². The molecule has 2 atom stereocenters. The van der Waals surface area contributed by atoms with Crippen LogP contribution in [0.25, 0.3) is 0 Å². The van der Waals surface area contributed by atoms with Crippen LogP contribution in [0.4, 0.5) is 0 Å². The van der Waals surface area contributed by atoms with E-state index in [1.54, 1.807) is 4.90 Å². The Morgan fingerprint density at radius 1 is 1.41 bits per heavy atom. The van der Waals surface area contributed by atoms with Gasteiger partial charge in [0.05, 0.1) is 18.0 Å². The fourth-order valence-electron chi connectivity index (χ4n) is 2.22. The Bertz CT molecular complexity index is 458. The Labute approximate surface area is 102 Å². The quantitative estimate of drug-likeness (QED) is 0.780. The highest BCUT2D eigenvalue weighted by Crippen LogP contribution is 2.28. The Balaban J connectivity index is 2.16. The Morgan fingerprint density at radius 3 is 2.59 bits per heavy atom. The van der Waals surface area contributed by atoms with Crippen molar-refractivity contribution < 1.29 is 4.79 Å². The maximum absolute atomic E-state index is 11.8. The van der Waals surface area contributed by atoms with E-state index in [1.807, 2.05) is 38.1 Å². The minimum Gasteiger partial charge on any atom is -0.335 e. The highest BCUT2D eigenvalue weighted by atomic mass is 16.2. The second-order valence-electron chi connectivity index (χ2n) is 4.66. The van der Waals surface area contributed by atoms with E-state index in [-0.39, 0.29) is 17.9 Å². The summed E-state index contributed by atoms with van der Waals surface area (Å²) in [5.41, 5.74) is 2.34. The third-order valence-corrected chi connectivity index (χ3v) is 3.37. The molecule has 1 saturated heterocycles. The van der Waals surface area contributed by atoms with Gasteiger partial charge in [-0.3, -0.25) is 4.79 Å². The number of hydrogen-bond donors (Lipinski definition) is 0. The van der Waals surface area contributed by atoms with Crippen molar-refractivity contribution in [2.24, 2.45) is 5.92 Å². The van der Waals surface area contributed by atoms with Gasteiger partial charge in [0.1, 0.15) is 0 Å². The van der Waals surface area contributed by atoms with Crippen molar-refractivity contribution in [2.45, 2.75) is 26.3 Å². The van der Waals surface area contributed by atoms with Crippen LogP contribution in [0.2, 0.25) is 0 Å². The van der Waals surface area contributed by atoms with Crippen molar-refractivity contribution in [3.8, 4) is 6.07 Å². The number of hydrogen-bond acceptors (Lipinski definition) is 2. The Kier molecular flexibility index (Phi) is 3.14. The van der Waals surface area contributed by atoms with Gasteiger partial charge in [-0.05, 0) is 19.4 Å². The average molecular weight is 228 g/mol. The molecule has 0 radical (unpaired) electrons. The Hall–Kier alpha value is -1.82. The van der Waals surface area contributed by atoms with Crippen molar-refractivity contribution in [3.05, 3.63) is 35.4 Å². The number of likely N-dealkylation sites (tertiary alicyclic amines) is 1. The van der Waals surface area contributed by atoms with E-state index in [0.29, 0.717) is 13.0 Å². The molecule has 1 heterocycles. The van der Waals surface area contributed by atoms with Gasteiger partial charge in [-0.1, -0.05) is 29.8 Å². The second-order valence-corrected chi connectivity index (χ2v) is 4.66. The molecule has 3 heteroatoms. The van der Waals surface area contributed by atoms with Gasteiger partial charge in [0.2, 0.25) is 5.91 Å². The summed E-state index contributed by atoms with van der Waals surface area (Å²) in [7, 11) is 0. The number of nitrogens with zero attached hydrogens (tertiary/aromatic N) is 2. The lowest BCUT2D eigenvalue weighted by Crippen LogP contribution is -2.28. The molecule has 1 amide bonds.